The van der Waals surface area contributed by atoms with Crippen LogP contribution >= 0.6 is 0 Å². The van der Waals surface area contributed by atoms with Crippen molar-refractivity contribution in [3.63, 3.8) is 0 Å². The number of rotatable bonds is 1. The van der Waals surface area contributed by atoms with E-state index in [1.165, 1.54) is 0 Å². The fraction of sp³-hybridized carbons (Fsp3) is 1.00. The second-order valence-corrected chi connectivity index (χ2v) is 2.97. The zero-order chi connectivity index (χ0) is 6.41. The molecular weight excluding hydrogens is 102 g/mol. The Hall–Kier alpha value is -0.0800. The van der Waals surface area contributed by atoms with E-state index in [0.29, 0.717) is 0 Å². The van der Waals surface area contributed by atoms with Crippen molar-refractivity contribution in [3.8, 4) is 0 Å². The summed E-state index contributed by atoms with van der Waals surface area (Å²) in [5, 5.41) is 0. The second-order valence-electron chi connectivity index (χ2n) is 2.97. The monoisotopic (exact) mass is 116 g/mol. The number of hydroxylamine groups is 3. The smallest absolute Gasteiger partial charge is 0.146 e. The van der Waals surface area contributed by atoms with Crippen LogP contribution in [0.25, 0.3) is 0 Å². The molecule has 1 unspecified atom stereocenters. The van der Waals surface area contributed by atoms with Crippen LogP contribution < -0.4 is 0 Å². The Labute approximate surface area is 50.6 Å². The molecule has 1 saturated heterocycles. The molecule has 1 rings (SSSR count). The molecule has 8 heavy (non-hydrogen) atoms. The van der Waals surface area contributed by atoms with Gasteiger partial charge in [-0.15, -0.1) is 9.48 Å². The number of quaternary nitrogens is 1. The molecule has 1 atom stereocenters. The fourth-order valence-corrected chi connectivity index (χ4v) is 0.917. The Balaban J connectivity index is 2.55. The van der Waals surface area contributed by atoms with E-state index in [1.807, 2.05) is 0 Å². The van der Waals surface area contributed by atoms with E-state index in [1.54, 1.807) is 0 Å². The standard InChI is InChI=1S/C6H14NO/c1-5-6(2)7(3,4)8-6/h5H2,1-4H3/q+1. The van der Waals surface area contributed by atoms with Crippen LogP contribution in [0.5, 0.6) is 0 Å². The molecule has 48 valence electrons. The molecule has 0 radical (unpaired) electrons. The molecule has 2 nitrogen and oxygen atoms in total. The Kier molecular flexibility index (Phi) is 0.946. The lowest BCUT2D eigenvalue weighted by Crippen LogP contribution is -2.24. The maximum atomic E-state index is 5.38. The van der Waals surface area contributed by atoms with Crippen LogP contribution in [0.2, 0.25) is 0 Å². The van der Waals surface area contributed by atoms with Crippen LogP contribution in [0, 0.1) is 0 Å². The molecule has 1 fully saturated rings. The predicted octanol–water partition coefficient (Wildman–Crippen LogP) is 1.13. The molecule has 0 aromatic rings. The topological polar surface area (TPSA) is 12.5 Å². The maximum Gasteiger partial charge on any atom is 0.279 e. The zero-order valence-electron chi connectivity index (χ0n) is 6.06. The molecule has 1 aliphatic heterocycles. The van der Waals surface area contributed by atoms with Gasteiger partial charge in [0.1, 0.15) is 14.1 Å². The van der Waals surface area contributed by atoms with Crippen LogP contribution in [-0.2, 0) is 4.84 Å². The van der Waals surface area contributed by atoms with Crippen LogP contribution in [-0.4, -0.2) is 24.5 Å². The highest BCUT2D eigenvalue weighted by Gasteiger charge is 2.63. The van der Waals surface area contributed by atoms with Crippen molar-refractivity contribution in [1.82, 2.24) is 0 Å². The van der Waals surface area contributed by atoms with Gasteiger partial charge in [-0.05, 0) is 0 Å². The Morgan fingerprint density at radius 3 is 1.88 bits per heavy atom. The second kappa shape index (κ2) is 1.25. The number of nitrogens with zero attached hydrogens (tertiary/aromatic N) is 1. The van der Waals surface area contributed by atoms with E-state index < -0.39 is 0 Å². The van der Waals surface area contributed by atoms with Crippen LogP contribution in [0.3, 0.4) is 0 Å². The predicted molar refractivity (Wildman–Crippen MR) is 31.9 cm³/mol. The fourth-order valence-electron chi connectivity index (χ4n) is 0.917. The first-order valence-corrected chi connectivity index (χ1v) is 3.07. The summed E-state index contributed by atoms with van der Waals surface area (Å²) in [6, 6.07) is 0. The average Bonchev–Trinajstić information content (AvgIpc) is 2.10. The first-order chi connectivity index (χ1) is 3.52. The largest absolute Gasteiger partial charge is 0.279 e. The van der Waals surface area contributed by atoms with Gasteiger partial charge >= 0.3 is 0 Å². The normalized spacial score (nSPS) is 42.0. The maximum absolute atomic E-state index is 5.38. The molecule has 0 spiro atoms. The Morgan fingerprint density at radius 2 is 1.88 bits per heavy atom. The first-order valence-electron chi connectivity index (χ1n) is 3.07. The molecule has 0 aliphatic carbocycles. The molecule has 1 aliphatic rings. The van der Waals surface area contributed by atoms with Gasteiger partial charge in [0.15, 0.2) is 0 Å². The molecule has 0 aromatic carbocycles. The molecule has 2 heteroatoms. The highest BCUT2D eigenvalue weighted by Crippen LogP contribution is 2.42. The number of hydrogen-bond acceptors (Lipinski definition) is 1. The SMILES string of the molecule is CCC1(C)O[N+]1(C)C. The van der Waals surface area contributed by atoms with Gasteiger partial charge in [0.2, 0.25) is 0 Å². The van der Waals surface area contributed by atoms with E-state index in [0.717, 1.165) is 11.1 Å². The lowest BCUT2D eigenvalue weighted by Gasteiger charge is -2.00. The van der Waals surface area contributed by atoms with Crippen molar-refractivity contribution in [2.45, 2.75) is 26.0 Å². The van der Waals surface area contributed by atoms with Gasteiger partial charge in [-0.25, -0.2) is 0 Å². The lowest BCUT2D eigenvalue weighted by molar-refractivity contribution is -0.891. The summed E-state index contributed by atoms with van der Waals surface area (Å²) in [6.07, 6.45) is 1.10. The average molecular weight is 116 g/mol. The minimum atomic E-state index is 0.125. The van der Waals surface area contributed by atoms with Gasteiger partial charge in [-0.1, -0.05) is 6.92 Å². The van der Waals surface area contributed by atoms with Crippen molar-refractivity contribution < 1.29 is 9.48 Å². The van der Waals surface area contributed by atoms with Crippen LogP contribution in [0.15, 0.2) is 0 Å². The van der Waals surface area contributed by atoms with Gasteiger partial charge in [-0.3, -0.25) is 0 Å². The van der Waals surface area contributed by atoms with Crippen molar-refractivity contribution >= 4 is 0 Å². The molecule has 0 amide bonds. The third-order valence-electron chi connectivity index (χ3n) is 2.19. The molecular formula is C6H14NO+. The van der Waals surface area contributed by atoms with Crippen LogP contribution in [0.4, 0.5) is 0 Å². The summed E-state index contributed by atoms with van der Waals surface area (Å²) >= 11 is 0. The van der Waals surface area contributed by atoms with Gasteiger partial charge in [0.25, 0.3) is 5.72 Å². The minimum absolute atomic E-state index is 0.125. The third kappa shape index (κ3) is 0.565. The van der Waals surface area contributed by atoms with E-state index in [2.05, 4.69) is 27.9 Å². The van der Waals surface area contributed by atoms with Crippen molar-refractivity contribution in [2.75, 3.05) is 14.1 Å². The zero-order valence-corrected chi connectivity index (χ0v) is 6.06. The first kappa shape index (κ1) is 6.05. The lowest BCUT2D eigenvalue weighted by atomic mass is 10.2. The summed E-state index contributed by atoms with van der Waals surface area (Å²) in [7, 11) is 4.15. The Morgan fingerprint density at radius 1 is 1.50 bits per heavy atom. The van der Waals surface area contributed by atoms with Crippen molar-refractivity contribution in [3.05, 3.63) is 0 Å². The summed E-state index contributed by atoms with van der Waals surface area (Å²) in [5.74, 6) is 0. The molecule has 1 heterocycles. The summed E-state index contributed by atoms with van der Waals surface area (Å²) in [5.41, 5.74) is 0.125. The van der Waals surface area contributed by atoms with Crippen LogP contribution in [0.1, 0.15) is 20.3 Å². The van der Waals surface area contributed by atoms with E-state index >= 15 is 0 Å². The summed E-state index contributed by atoms with van der Waals surface area (Å²) < 4.78 is 0.726. The highest BCUT2D eigenvalue weighted by molar-refractivity contribution is 4.63. The Bertz CT molecular complexity index is 111. The van der Waals surface area contributed by atoms with E-state index in [4.69, 9.17) is 4.84 Å². The third-order valence-corrected chi connectivity index (χ3v) is 2.19. The molecule has 0 aromatic heterocycles. The van der Waals surface area contributed by atoms with E-state index in [9.17, 15) is 0 Å². The van der Waals surface area contributed by atoms with Crippen molar-refractivity contribution in [2.24, 2.45) is 0 Å². The highest BCUT2D eigenvalue weighted by atomic mass is 16.9. The summed E-state index contributed by atoms with van der Waals surface area (Å²) in [6.45, 7) is 4.28. The number of hydrogen-bond donors (Lipinski definition) is 0. The van der Waals surface area contributed by atoms with Crippen molar-refractivity contribution in [1.29, 1.82) is 0 Å². The molecule has 0 N–H and O–H groups in total. The molecule has 0 saturated carbocycles. The van der Waals surface area contributed by atoms with E-state index in [-0.39, 0.29) is 5.72 Å². The molecule has 0 bridgehead atoms. The minimum Gasteiger partial charge on any atom is -0.146 e. The van der Waals surface area contributed by atoms with Gasteiger partial charge < -0.3 is 0 Å². The van der Waals surface area contributed by atoms with Gasteiger partial charge in [-0.2, -0.15) is 0 Å². The quantitative estimate of drug-likeness (QED) is 0.369. The summed E-state index contributed by atoms with van der Waals surface area (Å²) in [4.78, 5) is 5.38. The van der Waals surface area contributed by atoms with Gasteiger partial charge in [0, 0.05) is 13.3 Å². The van der Waals surface area contributed by atoms with Gasteiger partial charge in [0.05, 0.1) is 0 Å².